The number of carbonyl (C=O) groups excluding carboxylic acids is 1. The summed E-state index contributed by atoms with van der Waals surface area (Å²) in [6, 6.07) is 5.03. The molecule has 3 aromatic rings. The van der Waals surface area contributed by atoms with E-state index in [1.807, 2.05) is 0 Å². The normalized spacial score (nSPS) is 19.5. The highest BCUT2D eigenvalue weighted by Gasteiger charge is 2.35. The van der Waals surface area contributed by atoms with Crippen molar-refractivity contribution in [2.75, 3.05) is 13.1 Å². The number of hydrogen-bond donors (Lipinski definition) is 0. The quantitative estimate of drug-likeness (QED) is 0.615. The lowest BCUT2D eigenvalue weighted by atomic mass is 10.1. The van der Waals surface area contributed by atoms with Crippen LogP contribution in [-0.4, -0.2) is 45.8 Å². The lowest BCUT2D eigenvalue weighted by molar-refractivity contribution is -0.131. The molecular weight excluding hydrogens is 431 g/mol. The summed E-state index contributed by atoms with van der Waals surface area (Å²) in [5.74, 6) is -0.530. The minimum absolute atomic E-state index is 0.308. The predicted octanol–water partition coefficient (Wildman–Crippen LogP) is 3.95. The van der Waals surface area contributed by atoms with Gasteiger partial charge in [-0.15, -0.1) is 11.3 Å². The molecule has 1 amide bonds. The highest BCUT2D eigenvalue weighted by atomic mass is 35.5. The third-order valence-electron chi connectivity index (χ3n) is 4.63. The van der Waals surface area contributed by atoms with Gasteiger partial charge in [-0.3, -0.25) is 14.2 Å². The van der Waals surface area contributed by atoms with Crippen molar-refractivity contribution >= 4 is 50.7 Å². The van der Waals surface area contributed by atoms with Crippen LogP contribution < -0.4 is 5.56 Å². The van der Waals surface area contributed by atoms with Crippen LogP contribution in [0.2, 0.25) is 10.0 Å². The molecule has 5 nitrogen and oxygen atoms in total. The van der Waals surface area contributed by atoms with Crippen LogP contribution in [0.3, 0.4) is 0 Å². The fourth-order valence-electron chi connectivity index (χ4n) is 3.13. The van der Waals surface area contributed by atoms with E-state index in [0.29, 0.717) is 31.4 Å². The van der Waals surface area contributed by atoms with Crippen LogP contribution in [-0.2, 0) is 11.3 Å². The maximum absolute atomic E-state index is 13.3. The number of nitrogens with zero attached hydrogens (tertiary/aromatic N) is 3. The number of alkyl halides is 2. The van der Waals surface area contributed by atoms with Gasteiger partial charge in [0.2, 0.25) is 5.91 Å². The molecule has 0 saturated carbocycles. The lowest BCUT2D eigenvalue weighted by Crippen LogP contribution is -2.35. The Morgan fingerprint density at radius 2 is 1.93 bits per heavy atom. The van der Waals surface area contributed by atoms with Gasteiger partial charge in [0, 0.05) is 10.9 Å². The third kappa shape index (κ3) is 3.40. The number of carbonyl (C=O) groups is 1. The van der Waals surface area contributed by atoms with Crippen LogP contribution in [0.25, 0.3) is 21.3 Å². The average molecular weight is 444 g/mol. The van der Waals surface area contributed by atoms with Gasteiger partial charge in [-0.05, 0) is 17.7 Å². The Bertz CT molecular complexity index is 1120. The zero-order valence-corrected chi connectivity index (χ0v) is 16.6. The zero-order valence-electron chi connectivity index (χ0n) is 14.2. The number of rotatable bonds is 3. The van der Waals surface area contributed by atoms with Gasteiger partial charge in [-0.1, -0.05) is 29.3 Å². The molecule has 2 atom stereocenters. The first-order valence-electron chi connectivity index (χ1n) is 8.33. The number of hydrogen-bond acceptors (Lipinski definition) is 4. The second-order valence-electron chi connectivity index (χ2n) is 6.47. The van der Waals surface area contributed by atoms with Gasteiger partial charge in [0.15, 0.2) is 12.3 Å². The smallest absolute Gasteiger partial charge is 0.263 e. The van der Waals surface area contributed by atoms with Crippen LogP contribution in [0.4, 0.5) is 8.78 Å². The summed E-state index contributed by atoms with van der Waals surface area (Å²) in [5, 5.41) is 2.89. The van der Waals surface area contributed by atoms with Crippen molar-refractivity contribution in [2.45, 2.75) is 18.9 Å². The number of thiophene rings is 1. The molecule has 146 valence electrons. The molecule has 0 N–H and O–H groups in total. The minimum Gasteiger partial charge on any atom is -0.335 e. The van der Waals surface area contributed by atoms with E-state index < -0.39 is 23.8 Å². The monoisotopic (exact) mass is 443 g/mol. The first kappa shape index (κ1) is 19.3. The van der Waals surface area contributed by atoms with Gasteiger partial charge in [-0.25, -0.2) is 13.8 Å². The fraction of sp³-hybridized carbons (Fsp3) is 0.278. The van der Waals surface area contributed by atoms with E-state index in [1.54, 1.807) is 23.6 Å². The van der Waals surface area contributed by atoms with Crippen molar-refractivity contribution in [1.82, 2.24) is 14.5 Å². The SMILES string of the molecule is O=C(Cn1cnc2scc(-c3ccc(Cl)c(Cl)c3)c2c1=O)N1C[C@@H](F)[C@@H](F)C1. The predicted molar refractivity (Wildman–Crippen MR) is 106 cm³/mol. The van der Waals surface area contributed by atoms with E-state index in [1.165, 1.54) is 17.7 Å². The fourth-order valence-corrected chi connectivity index (χ4v) is 4.33. The largest absolute Gasteiger partial charge is 0.335 e. The molecule has 0 aliphatic carbocycles. The number of amides is 1. The number of fused-ring (bicyclic) bond motifs is 1. The molecule has 28 heavy (non-hydrogen) atoms. The highest BCUT2D eigenvalue weighted by molar-refractivity contribution is 7.17. The van der Waals surface area contributed by atoms with Gasteiger partial charge in [0.1, 0.15) is 11.4 Å². The average Bonchev–Trinajstić information content (AvgIpc) is 3.24. The Morgan fingerprint density at radius 1 is 1.21 bits per heavy atom. The van der Waals surface area contributed by atoms with Gasteiger partial charge in [0.05, 0.1) is 34.8 Å². The summed E-state index contributed by atoms with van der Waals surface area (Å²) in [6.07, 6.45) is -2.12. The molecule has 0 bridgehead atoms. The summed E-state index contributed by atoms with van der Waals surface area (Å²) >= 11 is 13.3. The Morgan fingerprint density at radius 3 is 2.61 bits per heavy atom. The molecule has 10 heteroatoms. The molecule has 1 aromatic carbocycles. The summed E-state index contributed by atoms with van der Waals surface area (Å²) in [4.78, 5) is 31.2. The Hall–Kier alpha value is -2.03. The molecule has 1 fully saturated rings. The number of halogens is 4. The van der Waals surface area contributed by atoms with Crippen LogP contribution in [0, 0.1) is 0 Å². The molecule has 4 rings (SSSR count). The third-order valence-corrected chi connectivity index (χ3v) is 6.26. The second kappa shape index (κ2) is 7.42. The zero-order chi connectivity index (χ0) is 20.0. The first-order valence-corrected chi connectivity index (χ1v) is 9.96. The van der Waals surface area contributed by atoms with Gasteiger partial charge >= 0.3 is 0 Å². The van der Waals surface area contributed by atoms with Crippen molar-refractivity contribution < 1.29 is 13.6 Å². The molecule has 1 saturated heterocycles. The van der Waals surface area contributed by atoms with Crippen LogP contribution >= 0.6 is 34.5 Å². The van der Waals surface area contributed by atoms with Crippen LogP contribution in [0.5, 0.6) is 0 Å². The van der Waals surface area contributed by atoms with E-state index in [4.69, 9.17) is 23.2 Å². The first-order chi connectivity index (χ1) is 13.3. The van der Waals surface area contributed by atoms with E-state index >= 15 is 0 Å². The lowest BCUT2D eigenvalue weighted by Gasteiger charge is -2.15. The molecule has 0 radical (unpaired) electrons. The van der Waals surface area contributed by atoms with Crippen LogP contribution in [0.15, 0.2) is 34.7 Å². The number of likely N-dealkylation sites (tertiary alicyclic amines) is 1. The molecule has 2 aromatic heterocycles. The van der Waals surface area contributed by atoms with E-state index in [0.717, 1.165) is 9.47 Å². The number of benzene rings is 1. The molecule has 1 aliphatic rings. The highest BCUT2D eigenvalue weighted by Crippen LogP contribution is 2.34. The molecule has 1 aliphatic heterocycles. The Balaban J connectivity index is 1.70. The summed E-state index contributed by atoms with van der Waals surface area (Å²) in [7, 11) is 0. The molecule has 0 spiro atoms. The van der Waals surface area contributed by atoms with Gasteiger partial charge in [-0.2, -0.15) is 0 Å². The maximum atomic E-state index is 13.3. The van der Waals surface area contributed by atoms with Crippen molar-refractivity contribution in [1.29, 1.82) is 0 Å². The van der Waals surface area contributed by atoms with E-state index in [2.05, 4.69) is 4.98 Å². The van der Waals surface area contributed by atoms with Gasteiger partial charge < -0.3 is 4.90 Å². The minimum atomic E-state index is -1.69. The second-order valence-corrected chi connectivity index (χ2v) is 8.14. The van der Waals surface area contributed by atoms with E-state index in [9.17, 15) is 18.4 Å². The van der Waals surface area contributed by atoms with Crippen molar-refractivity contribution in [2.24, 2.45) is 0 Å². The van der Waals surface area contributed by atoms with Crippen molar-refractivity contribution in [3.05, 3.63) is 50.3 Å². The maximum Gasteiger partial charge on any atom is 0.263 e. The van der Waals surface area contributed by atoms with Crippen molar-refractivity contribution in [3.63, 3.8) is 0 Å². The Kier molecular flexibility index (Phi) is 5.11. The molecule has 0 unspecified atom stereocenters. The summed E-state index contributed by atoms with van der Waals surface area (Å²) < 4.78 is 27.8. The summed E-state index contributed by atoms with van der Waals surface area (Å²) in [5.41, 5.74) is 0.920. The summed E-state index contributed by atoms with van der Waals surface area (Å²) in [6.45, 7) is -0.952. The topological polar surface area (TPSA) is 55.2 Å². The standard InChI is InChI=1S/C18H13Cl2F2N3O2S/c19-11-2-1-9(3-12(11)20)10-7-28-17-16(10)18(27)25(8-23-17)6-15(26)24-4-13(21)14(22)5-24/h1-3,7-8,13-14H,4-6H2/t13-,14+. The molecular formula is C18H13Cl2F2N3O2S. The van der Waals surface area contributed by atoms with Crippen molar-refractivity contribution in [3.8, 4) is 11.1 Å². The van der Waals surface area contributed by atoms with E-state index in [-0.39, 0.29) is 19.6 Å². The Labute approximate surface area is 172 Å². The van der Waals surface area contributed by atoms with Gasteiger partial charge in [0.25, 0.3) is 5.56 Å². The number of aromatic nitrogens is 2. The molecule has 3 heterocycles. The van der Waals surface area contributed by atoms with Crippen LogP contribution in [0.1, 0.15) is 0 Å².